The molecule has 0 aromatic heterocycles. The van der Waals surface area contributed by atoms with Crippen molar-refractivity contribution in [1.82, 2.24) is 0 Å². The van der Waals surface area contributed by atoms with E-state index in [1.807, 2.05) is 0 Å². The minimum Gasteiger partial charge on any atom is -0.871 e. The minimum absolute atomic E-state index is 0. The quantitative estimate of drug-likeness (QED) is 0.206. The van der Waals surface area contributed by atoms with Crippen LogP contribution in [0, 0.1) is 0 Å². The zero-order valence-electron chi connectivity index (χ0n) is 16.3. The van der Waals surface area contributed by atoms with Crippen LogP contribution in [0.4, 0.5) is 11.4 Å². The number of hydrogen-bond acceptors (Lipinski definition) is 9. The molecule has 0 amide bonds. The summed E-state index contributed by atoms with van der Waals surface area (Å²) in [7, 11) is -9.23. The van der Waals surface area contributed by atoms with Crippen molar-refractivity contribution in [3.63, 3.8) is 0 Å². The van der Waals surface area contributed by atoms with Gasteiger partial charge in [-0.2, -0.15) is 10.2 Å². The molecule has 0 aliphatic carbocycles. The van der Waals surface area contributed by atoms with Crippen molar-refractivity contribution in [2.24, 2.45) is 10.2 Å². The molecule has 0 radical (unpaired) electrons. The summed E-state index contributed by atoms with van der Waals surface area (Å²) >= 11 is 0. The molecule has 3 aromatic rings. The summed E-state index contributed by atoms with van der Waals surface area (Å²) in [6.07, 6.45) is 0. The summed E-state index contributed by atoms with van der Waals surface area (Å²) in [5.41, 5.74) is 0.112. The average Bonchev–Trinajstić information content (AvgIpc) is 2.59. The first-order valence-corrected chi connectivity index (χ1v) is 10.0. The van der Waals surface area contributed by atoms with E-state index in [2.05, 4.69) is 10.2 Å². The number of fused-ring (bicyclic) bond motifs is 1. The molecule has 0 aliphatic rings. The molecule has 140 valence electrons. The molecule has 0 saturated carbocycles. The first kappa shape index (κ1) is 30.1. The number of azo groups is 1. The predicted octanol–water partition coefficient (Wildman–Crippen LogP) is -6.85. The summed E-state index contributed by atoms with van der Waals surface area (Å²) in [5, 5.41) is 20.3. The van der Waals surface area contributed by atoms with Crippen molar-refractivity contribution in [1.29, 1.82) is 0 Å². The van der Waals surface area contributed by atoms with Gasteiger partial charge in [-0.1, -0.05) is 23.9 Å². The Bertz CT molecular complexity index is 1280. The normalized spacial score (nSPS) is 11.4. The molecule has 14 heteroatoms. The third-order valence-corrected chi connectivity index (χ3v) is 5.29. The monoisotopic (exact) mass is 474 g/mol. The van der Waals surface area contributed by atoms with Crippen LogP contribution in [0.15, 0.2) is 74.6 Å². The van der Waals surface area contributed by atoms with Crippen LogP contribution in [0.5, 0.6) is 5.75 Å². The van der Waals surface area contributed by atoms with Crippen molar-refractivity contribution in [3.05, 3.63) is 54.6 Å². The summed E-state index contributed by atoms with van der Waals surface area (Å²) in [5.74, 6) is -0.484. The maximum absolute atomic E-state index is 12.1. The summed E-state index contributed by atoms with van der Waals surface area (Å²) < 4.78 is 66.0. The van der Waals surface area contributed by atoms with Crippen molar-refractivity contribution in [2.45, 2.75) is 9.79 Å². The maximum Gasteiger partial charge on any atom is 1.00 e. The van der Waals surface area contributed by atoms with Crippen LogP contribution in [0.3, 0.4) is 0 Å². The molecular formula is C16H9N2Na3O7S2. The Morgan fingerprint density at radius 1 is 0.667 bits per heavy atom. The second-order valence-electron chi connectivity index (χ2n) is 5.40. The Labute approximate surface area is 239 Å². The van der Waals surface area contributed by atoms with E-state index in [9.17, 15) is 31.0 Å². The molecule has 0 fully saturated rings. The molecule has 3 rings (SSSR count). The van der Waals surface area contributed by atoms with Gasteiger partial charge in [0.15, 0.2) is 0 Å². The molecule has 0 atom stereocenters. The molecule has 30 heavy (non-hydrogen) atoms. The Kier molecular flexibility index (Phi) is 11.9. The fourth-order valence-electron chi connectivity index (χ4n) is 2.32. The van der Waals surface area contributed by atoms with Gasteiger partial charge < -0.3 is 14.2 Å². The first-order chi connectivity index (χ1) is 12.6. The molecule has 0 N–H and O–H groups in total. The van der Waals surface area contributed by atoms with Crippen LogP contribution in [0.2, 0.25) is 0 Å². The standard InChI is InChI=1S/C16H12N2O7S2.3Na/c19-15-8-1-10-9-13(27(23,24)25)6-7-14(10)16(15)18-17-11-2-4-12(5-3-11)26(20,21)22;;;/h1-9,19H,(H,20,21,22)(H,23,24,25);;;/q;3*+1/p-3. The van der Waals surface area contributed by atoms with Crippen LogP contribution in [-0.2, 0) is 20.2 Å². The fraction of sp³-hybridized carbons (Fsp3) is 0. The Hall–Kier alpha value is 0.140. The van der Waals surface area contributed by atoms with Gasteiger partial charge >= 0.3 is 88.7 Å². The van der Waals surface area contributed by atoms with E-state index in [4.69, 9.17) is 0 Å². The predicted molar refractivity (Wildman–Crippen MR) is 89.9 cm³/mol. The third-order valence-electron chi connectivity index (χ3n) is 3.61. The molecule has 3 aromatic carbocycles. The fourth-order valence-corrected chi connectivity index (χ4v) is 3.29. The summed E-state index contributed by atoms with van der Waals surface area (Å²) in [4.78, 5) is -0.867. The summed E-state index contributed by atoms with van der Waals surface area (Å²) in [6, 6.07) is 10.6. The van der Waals surface area contributed by atoms with Crippen LogP contribution in [0.1, 0.15) is 0 Å². The smallest absolute Gasteiger partial charge is 0.871 e. The van der Waals surface area contributed by atoms with E-state index in [-0.39, 0.29) is 105 Å². The van der Waals surface area contributed by atoms with Gasteiger partial charge in [0.05, 0.1) is 21.2 Å². The van der Waals surface area contributed by atoms with E-state index in [0.717, 1.165) is 30.3 Å². The van der Waals surface area contributed by atoms with E-state index < -0.39 is 35.8 Å². The van der Waals surface area contributed by atoms with E-state index in [1.165, 1.54) is 24.3 Å². The number of hydrogen-bond donors (Lipinski definition) is 0. The zero-order valence-corrected chi connectivity index (χ0v) is 23.9. The molecular weight excluding hydrogens is 465 g/mol. The summed E-state index contributed by atoms with van der Waals surface area (Å²) in [6.45, 7) is 0. The second-order valence-corrected chi connectivity index (χ2v) is 8.16. The second kappa shape index (κ2) is 11.8. The van der Waals surface area contributed by atoms with E-state index in [1.54, 1.807) is 0 Å². The van der Waals surface area contributed by atoms with Gasteiger partial charge in [0, 0.05) is 5.39 Å². The van der Waals surface area contributed by atoms with Gasteiger partial charge in [-0.3, -0.25) is 0 Å². The van der Waals surface area contributed by atoms with Crippen LogP contribution in [0.25, 0.3) is 10.8 Å². The maximum atomic E-state index is 12.1. The molecule has 0 bridgehead atoms. The zero-order chi connectivity index (χ0) is 19.8. The van der Waals surface area contributed by atoms with Gasteiger partial charge in [0.1, 0.15) is 20.2 Å². The van der Waals surface area contributed by atoms with Gasteiger partial charge in [-0.05, 0) is 41.8 Å². The molecule has 0 spiro atoms. The van der Waals surface area contributed by atoms with E-state index in [0.29, 0.717) is 5.39 Å². The third kappa shape index (κ3) is 7.34. The Balaban J connectivity index is 0.00000280. The first-order valence-electron chi connectivity index (χ1n) is 7.23. The van der Waals surface area contributed by atoms with Crippen LogP contribution in [-0.4, -0.2) is 25.9 Å². The topological polar surface area (TPSA) is 162 Å². The van der Waals surface area contributed by atoms with Gasteiger partial charge in [0.25, 0.3) is 0 Å². The number of nitrogens with zero attached hydrogens (tertiary/aromatic N) is 2. The van der Waals surface area contributed by atoms with Crippen LogP contribution >= 0.6 is 0 Å². The van der Waals surface area contributed by atoms with Gasteiger partial charge in [0.2, 0.25) is 0 Å². The average molecular weight is 474 g/mol. The molecule has 0 saturated heterocycles. The Morgan fingerprint density at radius 3 is 1.73 bits per heavy atom. The number of rotatable bonds is 4. The Morgan fingerprint density at radius 2 is 1.20 bits per heavy atom. The molecule has 0 unspecified atom stereocenters. The van der Waals surface area contributed by atoms with Crippen molar-refractivity contribution >= 4 is 42.4 Å². The van der Waals surface area contributed by atoms with Crippen molar-refractivity contribution in [3.8, 4) is 5.75 Å². The van der Waals surface area contributed by atoms with Crippen molar-refractivity contribution < 1.29 is 120 Å². The van der Waals surface area contributed by atoms with Gasteiger partial charge in [-0.25, -0.2) is 16.8 Å². The molecule has 9 nitrogen and oxygen atoms in total. The number of benzene rings is 3. The van der Waals surface area contributed by atoms with Gasteiger partial charge in [-0.15, -0.1) is 0 Å². The van der Waals surface area contributed by atoms with Crippen LogP contribution < -0.4 is 93.8 Å². The van der Waals surface area contributed by atoms with E-state index >= 15 is 0 Å². The minimum atomic E-state index is -4.65. The SMILES string of the molecule is O=S(=O)([O-])c1ccc(N=Nc2c([O-])ccc3cc(S(=O)(=O)[O-])ccc23)cc1.[Na+].[Na+].[Na+]. The molecule has 0 aliphatic heterocycles. The largest absolute Gasteiger partial charge is 1.00 e. The molecule has 0 heterocycles. The van der Waals surface area contributed by atoms with Crippen molar-refractivity contribution in [2.75, 3.05) is 0 Å².